The average Bonchev–Trinajstić information content (AvgIpc) is 3.19. The second-order valence-electron chi connectivity index (χ2n) is 7.98. The van der Waals surface area contributed by atoms with E-state index in [0.717, 1.165) is 18.6 Å². The molecule has 2 aromatic carbocycles. The molecule has 35 heavy (non-hydrogen) atoms. The Bertz CT molecular complexity index is 1280. The SMILES string of the molecule is COc1ccc(NC(=O)c2oc3c(c2C)/C(=N/Nc2cccc(C(F)(F)F)c2)CCC3)c(OC)c1. The van der Waals surface area contributed by atoms with Crippen molar-refractivity contribution in [2.45, 2.75) is 32.4 Å². The second kappa shape index (κ2) is 9.73. The van der Waals surface area contributed by atoms with E-state index in [1.165, 1.54) is 26.4 Å². The summed E-state index contributed by atoms with van der Waals surface area (Å²) in [6, 6.07) is 9.84. The third-order valence-corrected chi connectivity index (χ3v) is 5.70. The number of halogens is 3. The lowest BCUT2D eigenvalue weighted by Gasteiger charge is -2.14. The van der Waals surface area contributed by atoms with Crippen LogP contribution in [0.3, 0.4) is 0 Å². The summed E-state index contributed by atoms with van der Waals surface area (Å²) in [5.41, 5.74) is 4.54. The number of ether oxygens (including phenoxy) is 2. The molecule has 1 amide bonds. The van der Waals surface area contributed by atoms with Crippen molar-refractivity contribution in [1.29, 1.82) is 0 Å². The summed E-state index contributed by atoms with van der Waals surface area (Å²) < 4.78 is 55.4. The summed E-state index contributed by atoms with van der Waals surface area (Å²) in [6.45, 7) is 1.76. The minimum absolute atomic E-state index is 0.140. The molecule has 10 heteroatoms. The van der Waals surface area contributed by atoms with E-state index in [1.807, 2.05) is 0 Å². The van der Waals surface area contributed by atoms with Crippen molar-refractivity contribution < 1.29 is 31.9 Å². The highest BCUT2D eigenvalue weighted by atomic mass is 19.4. The predicted octanol–water partition coefficient (Wildman–Crippen LogP) is 6.03. The molecule has 1 aliphatic carbocycles. The zero-order valence-electron chi connectivity index (χ0n) is 19.4. The van der Waals surface area contributed by atoms with E-state index in [9.17, 15) is 18.0 Å². The van der Waals surface area contributed by atoms with Gasteiger partial charge in [-0.05, 0) is 50.1 Å². The smallest absolute Gasteiger partial charge is 0.416 e. The molecule has 0 spiro atoms. The Labute approximate surface area is 199 Å². The van der Waals surface area contributed by atoms with Crippen LogP contribution < -0.4 is 20.2 Å². The van der Waals surface area contributed by atoms with E-state index in [2.05, 4.69) is 15.8 Å². The van der Waals surface area contributed by atoms with Crippen molar-refractivity contribution in [1.82, 2.24) is 0 Å². The van der Waals surface area contributed by atoms with Gasteiger partial charge in [0.05, 0.1) is 36.9 Å². The van der Waals surface area contributed by atoms with Crippen LogP contribution in [0.5, 0.6) is 11.5 Å². The maximum Gasteiger partial charge on any atom is 0.416 e. The van der Waals surface area contributed by atoms with E-state index in [0.29, 0.717) is 52.6 Å². The molecule has 0 bridgehead atoms. The first-order valence-corrected chi connectivity index (χ1v) is 10.9. The first kappa shape index (κ1) is 24.2. The molecule has 3 aromatic rings. The summed E-state index contributed by atoms with van der Waals surface area (Å²) in [4.78, 5) is 13.0. The van der Waals surface area contributed by atoms with Crippen LogP contribution in [0.15, 0.2) is 52.0 Å². The van der Waals surface area contributed by atoms with Crippen LogP contribution in [0.2, 0.25) is 0 Å². The maximum atomic E-state index is 13.0. The van der Waals surface area contributed by atoms with Crippen LogP contribution in [-0.4, -0.2) is 25.8 Å². The molecule has 2 N–H and O–H groups in total. The van der Waals surface area contributed by atoms with Crippen molar-refractivity contribution in [2.75, 3.05) is 25.0 Å². The number of furan rings is 1. The van der Waals surface area contributed by atoms with Crippen LogP contribution in [0.25, 0.3) is 0 Å². The van der Waals surface area contributed by atoms with Gasteiger partial charge < -0.3 is 19.2 Å². The summed E-state index contributed by atoms with van der Waals surface area (Å²) >= 11 is 0. The lowest BCUT2D eigenvalue weighted by Crippen LogP contribution is -2.15. The minimum atomic E-state index is -4.45. The molecule has 1 aromatic heterocycles. The molecular formula is C25H24F3N3O4. The Morgan fingerprint density at radius 1 is 1.09 bits per heavy atom. The van der Waals surface area contributed by atoms with Crippen LogP contribution in [0.1, 0.15) is 45.8 Å². The first-order valence-electron chi connectivity index (χ1n) is 10.9. The molecule has 1 aliphatic rings. The molecule has 0 atom stereocenters. The zero-order valence-corrected chi connectivity index (χ0v) is 19.4. The summed E-state index contributed by atoms with van der Waals surface area (Å²) in [7, 11) is 3.02. The fraction of sp³-hybridized carbons (Fsp3) is 0.280. The van der Waals surface area contributed by atoms with Crippen LogP contribution in [-0.2, 0) is 12.6 Å². The second-order valence-corrected chi connectivity index (χ2v) is 7.98. The summed E-state index contributed by atoms with van der Waals surface area (Å²) in [6.07, 6.45) is -2.50. The molecule has 184 valence electrons. The van der Waals surface area contributed by atoms with Gasteiger partial charge in [0.1, 0.15) is 17.3 Å². The number of methoxy groups -OCH3 is 2. The van der Waals surface area contributed by atoms with Crippen LogP contribution >= 0.6 is 0 Å². The van der Waals surface area contributed by atoms with Gasteiger partial charge in [-0.1, -0.05) is 6.07 Å². The van der Waals surface area contributed by atoms with Crippen LogP contribution in [0.4, 0.5) is 24.5 Å². The molecule has 0 aliphatic heterocycles. The number of rotatable bonds is 6. The van der Waals surface area contributed by atoms with Gasteiger partial charge in [-0.15, -0.1) is 0 Å². The van der Waals surface area contributed by atoms with Crippen LogP contribution in [0, 0.1) is 6.92 Å². The Morgan fingerprint density at radius 3 is 2.60 bits per heavy atom. The van der Waals surface area contributed by atoms with Gasteiger partial charge in [-0.25, -0.2) is 0 Å². The minimum Gasteiger partial charge on any atom is -0.497 e. The van der Waals surface area contributed by atoms with E-state index in [1.54, 1.807) is 25.1 Å². The van der Waals surface area contributed by atoms with Crippen molar-refractivity contribution in [2.24, 2.45) is 5.10 Å². The van der Waals surface area contributed by atoms with Gasteiger partial charge in [-0.3, -0.25) is 10.2 Å². The molecule has 0 fully saturated rings. The topological polar surface area (TPSA) is 85.1 Å². The van der Waals surface area contributed by atoms with E-state index < -0.39 is 17.6 Å². The largest absolute Gasteiger partial charge is 0.497 e. The van der Waals surface area contributed by atoms with Crippen molar-refractivity contribution in [3.8, 4) is 11.5 Å². The highest BCUT2D eigenvalue weighted by Crippen LogP contribution is 2.34. The number of aryl methyl sites for hydroxylation is 1. The number of alkyl halides is 3. The van der Waals surface area contributed by atoms with Gasteiger partial charge in [0, 0.05) is 23.6 Å². The normalized spacial score (nSPS) is 14.4. The predicted molar refractivity (Wildman–Crippen MR) is 125 cm³/mol. The Kier molecular flexibility index (Phi) is 6.72. The van der Waals surface area contributed by atoms with E-state index >= 15 is 0 Å². The fourth-order valence-corrected chi connectivity index (χ4v) is 3.97. The number of carbonyl (C=O) groups is 1. The Morgan fingerprint density at radius 2 is 1.89 bits per heavy atom. The summed E-state index contributed by atoms with van der Waals surface area (Å²) in [5.74, 6) is 1.31. The molecule has 0 saturated carbocycles. The number of hydrazone groups is 1. The average molecular weight is 487 g/mol. The number of nitrogens with zero attached hydrogens (tertiary/aromatic N) is 1. The van der Waals surface area contributed by atoms with Crippen molar-refractivity contribution in [3.05, 3.63) is 70.7 Å². The van der Waals surface area contributed by atoms with E-state index in [4.69, 9.17) is 13.9 Å². The highest BCUT2D eigenvalue weighted by molar-refractivity contribution is 6.09. The molecule has 0 saturated heterocycles. The summed E-state index contributed by atoms with van der Waals surface area (Å²) in [5, 5.41) is 7.15. The van der Waals surface area contributed by atoms with Gasteiger partial charge >= 0.3 is 6.18 Å². The third-order valence-electron chi connectivity index (χ3n) is 5.70. The number of carbonyl (C=O) groups excluding carboxylic acids is 1. The number of fused-ring (bicyclic) bond motifs is 1. The molecule has 4 rings (SSSR count). The molecular weight excluding hydrogens is 463 g/mol. The lowest BCUT2D eigenvalue weighted by molar-refractivity contribution is -0.137. The highest BCUT2D eigenvalue weighted by Gasteiger charge is 2.31. The third kappa shape index (κ3) is 5.11. The standard InChI is InChI=1S/C25H24F3N3O4/c1-14-22-19(31-30-16-7-4-6-15(12-16)25(26,27)28)8-5-9-20(22)35-23(14)24(32)29-18-11-10-17(33-2)13-21(18)34-3/h4,6-7,10-13,30H,5,8-9H2,1-3H3,(H,29,32)/b31-19+. The molecule has 0 unspecified atom stereocenters. The lowest BCUT2D eigenvalue weighted by atomic mass is 9.93. The number of hydrogen-bond donors (Lipinski definition) is 2. The van der Waals surface area contributed by atoms with E-state index in [-0.39, 0.29) is 11.4 Å². The van der Waals surface area contributed by atoms with Crippen molar-refractivity contribution >= 4 is 23.0 Å². The van der Waals surface area contributed by atoms with Gasteiger partial charge in [0.15, 0.2) is 5.76 Å². The number of amides is 1. The Balaban J connectivity index is 1.59. The monoisotopic (exact) mass is 487 g/mol. The van der Waals surface area contributed by atoms with Gasteiger partial charge in [0.2, 0.25) is 0 Å². The first-order chi connectivity index (χ1) is 16.7. The number of hydrogen-bond acceptors (Lipinski definition) is 6. The maximum absolute atomic E-state index is 13.0. The zero-order chi connectivity index (χ0) is 25.2. The molecule has 1 heterocycles. The quantitative estimate of drug-likeness (QED) is 0.415. The molecule has 0 radical (unpaired) electrons. The molecule has 7 nitrogen and oxygen atoms in total. The Hall–Kier alpha value is -3.95. The number of anilines is 2. The van der Waals surface area contributed by atoms with Gasteiger partial charge in [0.25, 0.3) is 5.91 Å². The fourth-order valence-electron chi connectivity index (χ4n) is 3.97. The van der Waals surface area contributed by atoms with Gasteiger partial charge in [-0.2, -0.15) is 18.3 Å². The number of nitrogens with one attached hydrogen (secondary N) is 2. The van der Waals surface area contributed by atoms with Crippen molar-refractivity contribution in [3.63, 3.8) is 0 Å². The number of benzene rings is 2.